The number of benzene rings is 1. The van der Waals surface area contributed by atoms with Gasteiger partial charge < -0.3 is 19.3 Å². The van der Waals surface area contributed by atoms with E-state index in [2.05, 4.69) is 30.3 Å². The lowest BCUT2D eigenvalue weighted by Gasteiger charge is -2.30. The van der Waals surface area contributed by atoms with Gasteiger partial charge in [0.1, 0.15) is 11.5 Å². The molecule has 2 N–H and O–H groups in total. The van der Waals surface area contributed by atoms with Gasteiger partial charge in [0.05, 0.1) is 16.8 Å². The zero-order chi connectivity index (χ0) is 24.9. The number of carboxylic acids is 1. The van der Waals surface area contributed by atoms with Gasteiger partial charge in [-0.25, -0.2) is 10.2 Å². The molecule has 0 bridgehead atoms. The number of nitrogens with zero attached hydrogens (tertiary/aromatic N) is 6. The number of furan rings is 1. The molecule has 0 amide bonds. The number of rotatable bonds is 7. The van der Waals surface area contributed by atoms with Crippen LogP contribution in [-0.4, -0.2) is 58.4 Å². The van der Waals surface area contributed by atoms with Crippen molar-refractivity contribution in [2.75, 3.05) is 41.4 Å². The molecule has 2 aliphatic heterocycles. The molecule has 0 unspecified atom stereocenters. The number of hydrazone groups is 1. The van der Waals surface area contributed by atoms with E-state index in [1.807, 2.05) is 0 Å². The van der Waals surface area contributed by atoms with Crippen LogP contribution in [0.3, 0.4) is 0 Å². The van der Waals surface area contributed by atoms with Crippen LogP contribution in [0.1, 0.15) is 54.6 Å². The van der Waals surface area contributed by atoms with E-state index in [-0.39, 0.29) is 10.6 Å². The molecule has 2 fully saturated rings. The number of carbonyl (C=O) groups is 1. The first-order chi connectivity index (χ1) is 17.6. The zero-order valence-electron chi connectivity index (χ0n) is 19.9. The van der Waals surface area contributed by atoms with E-state index in [1.54, 1.807) is 24.3 Å². The van der Waals surface area contributed by atoms with E-state index in [4.69, 9.17) is 21.0 Å². The summed E-state index contributed by atoms with van der Waals surface area (Å²) in [5, 5.41) is 13.8. The van der Waals surface area contributed by atoms with Gasteiger partial charge in [-0.1, -0.05) is 11.6 Å². The van der Waals surface area contributed by atoms with E-state index in [0.29, 0.717) is 34.9 Å². The van der Waals surface area contributed by atoms with Gasteiger partial charge >= 0.3 is 5.97 Å². The topological polar surface area (TPSA) is 120 Å². The molecule has 2 aliphatic rings. The molecule has 0 saturated carbocycles. The first-order valence-corrected chi connectivity index (χ1v) is 12.6. The Morgan fingerprint density at radius 3 is 2.19 bits per heavy atom. The Morgan fingerprint density at radius 1 is 0.944 bits per heavy atom. The van der Waals surface area contributed by atoms with Gasteiger partial charge in [0, 0.05) is 31.7 Å². The predicted molar refractivity (Wildman–Crippen MR) is 139 cm³/mol. The second-order valence-corrected chi connectivity index (χ2v) is 9.33. The summed E-state index contributed by atoms with van der Waals surface area (Å²) in [5.74, 6) is 1.66. The number of nitrogens with one attached hydrogen (secondary N) is 1. The van der Waals surface area contributed by atoms with E-state index >= 15 is 0 Å². The second kappa shape index (κ2) is 10.9. The van der Waals surface area contributed by atoms with Gasteiger partial charge in [0.2, 0.25) is 17.8 Å². The Morgan fingerprint density at radius 2 is 1.58 bits per heavy atom. The number of anilines is 3. The van der Waals surface area contributed by atoms with Gasteiger partial charge in [0.25, 0.3) is 0 Å². The largest absolute Gasteiger partial charge is 0.478 e. The minimum Gasteiger partial charge on any atom is -0.478 e. The van der Waals surface area contributed by atoms with Crippen molar-refractivity contribution in [1.82, 2.24) is 15.0 Å². The molecular weight excluding hydrogens is 482 g/mol. The summed E-state index contributed by atoms with van der Waals surface area (Å²) < 4.78 is 5.83. The Hall–Kier alpha value is -3.66. The average Bonchev–Trinajstić information content (AvgIpc) is 3.38. The van der Waals surface area contributed by atoms with Gasteiger partial charge in [0.15, 0.2) is 0 Å². The molecule has 11 heteroatoms. The van der Waals surface area contributed by atoms with Crippen molar-refractivity contribution >= 4 is 41.6 Å². The Balaban J connectivity index is 1.33. The highest BCUT2D eigenvalue weighted by atomic mass is 35.5. The molecule has 10 nitrogen and oxygen atoms in total. The number of carboxylic acid groups (broad SMARTS) is 1. The highest BCUT2D eigenvalue weighted by molar-refractivity contribution is 6.33. The van der Waals surface area contributed by atoms with Crippen molar-refractivity contribution in [1.29, 1.82) is 0 Å². The molecule has 0 aliphatic carbocycles. The Labute approximate surface area is 214 Å². The van der Waals surface area contributed by atoms with Crippen LogP contribution in [0.4, 0.5) is 17.8 Å². The lowest BCUT2D eigenvalue weighted by atomic mass is 10.1. The first-order valence-electron chi connectivity index (χ1n) is 12.2. The highest BCUT2D eigenvalue weighted by Crippen LogP contribution is 2.27. The third-order valence-corrected chi connectivity index (χ3v) is 6.68. The summed E-state index contributed by atoms with van der Waals surface area (Å²) in [5.41, 5.74) is 3.56. The number of piperidine rings is 2. The van der Waals surface area contributed by atoms with Crippen molar-refractivity contribution in [2.45, 2.75) is 38.5 Å². The maximum atomic E-state index is 11.4. The first kappa shape index (κ1) is 24.1. The molecule has 4 heterocycles. The van der Waals surface area contributed by atoms with Crippen LogP contribution >= 0.6 is 11.6 Å². The SMILES string of the molecule is O=C(O)c1cc(-c2ccc(/C=N/Nc3nc(N4CCCCC4)nc(N4CCCCC4)n3)o2)ccc1Cl. The van der Waals surface area contributed by atoms with Gasteiger partial charge in [-0.05, 0) is 68.9 Å². The maximum Gasteiger partial charge on any atom is 0.337 e. The zero-order valence-corrected chi connectivity index (χ0v) is 20.6. The van der Waals surface area contributed by atoms with Gasteiger partial charge in [-0.15, -0.1) is 0 Å². The number of hydrogen-bond acceptors (Lipinski definition) is 9. The van der Waals surface area contributed by atoms with Gasteiger partial charge in [-0.3, -0.25) is 0 Å². The van der Waals surface area contributed by atoms with Crippen LogP contribution in [0.15, 0.2) is 39.9 Å². The second-order valence-electron chi connectivity index (χ2n) is 8.93. The molecule has 3 aromatic rings. The predicted octanol–water partition coefficient (Wildman–Crippen LogP) is 4.91. The van der Waals surface area contributed by atoms with Crippen LogP contribution in [0.5, 0.6) is 0 Å². The van der Waals surface area contributed by atoms with E-state index in [9.17, 15) is 9.90 Å². The third kappa shape index (κ3) is 5.59. The number of aromatic nitrogens is 3. The molecule has 2 saturated heterocycles. The Kier molecular flexibility index (Phi) is 7.31. The lowest BCUT2D eigenvalue weighted by molar-refractivity contribution is 0.0697. The smallest absolute Gasteiger partial charge is 0.337 e. The minimum atomic E-state index is -1.09. The van der Waals surface area contributed by atoms with Crippen LogP contribution in [0, 0.1) is 0 Å². The minimum absolute atomic E-state index is 0.0197. The van der Waals surface area contributed by atoms with Crippen molar-refractivity contribution in [3.05, 3.63) is 46.7 Å². The molecular formula is C25H28ClN7O3. The highest BCUT2D eigenvalue weighted by Gasteiger charge is 2.20. The van der Waals surface area contributed by atoms with Crippen LogP contribution < -0.4 is 15.2 Å². The van der Waals surface area contributed by atoms with E-state index < -0.39 is 5.97 Å². The van der Waals surface area contributed by atoms with E-state index in [1.165, 1.54) is 25.1 Å². The summed E-state index contributed by atoms with van der Waals surface area (Å²) in [6.07, 6.45) is 8.52. The standard InChI is InChI=1S/C25H28ClN7O3/c26-20-9-7-17(15-19(20)22(34)35)21-10-8-18(36-21)16-27-31-23-28-24(32-11-3-1-4-12-32)30-25(29-23)33-13-5-2-6-14-33/h7-10,15-16H,1-6,11-14H2,(H,34,35)(H,28,29,30,31)/b27-16+. The van der Waals surface area contributed by atoms with Crippen LogP contribution in [-0.2, 0) is 0 Å². The summed E-state index contributed by atoms with van der Waals surface area (Å²) in [4.78, 5) is 29.8. The fourth-order valence-corrected chi connectivity index (χ4v) is 4.65. The van der Waals surface area contributed by atoms with Crippen LogP contribution in [0.2, 0.25) is 5.02 Å². The number of halogens is 1. The number of aromatic carboxylic acids is 1. The normalized spacial score (nSPS) is 16.5. The summed E-state index contributed by atoms with van der Waals surface area (Å²) in [7, 11) is 0. The average molecular weight is 510 g/mol. The van der Waals surface area contributed by atoms with Crippen molar-refractivity contribution in [3.8, 4) is 11.3 Å². The maximum absolute atomic E-state index is 11.4. The van der Waals surface area contributed by atoms with Crippen molar-refractivity contribution in [2.24, 2.45) is 5.10 Å². The lowest BCUT2D eigenvalue weighted by Crippen LogP contribution is -2.34. The third-order valence-electron chi connectivity index (χ3n) is 6.35. The molecule has 36 heavy (non-hydrogen) atoms. The molecule has 1 aromatic carbocycles. The fraction of sp³-hybridized carbons (Fsp3) is 0.400. The Bertz CT molecular complexity index is 1210. The van der Waals surface area contributed by atoms with Gasteiger partial charge in [-0.2, -0.15) is 20.1 Å². The molecule has 5 rings (SSSR count). The summed E-state index contributed by atoms with van der Waals surface area (Å²) in [6, 6.07) is 8.24. The van der Waals surface area contributed by atoms with Crippen molar-refractivity contribution < 1.29 is 14.3 Å². The fourth-order valence-electron chi connectivity index (χ4n) is 4.45. The van der Waals surface area contributed by atoms with E-state index in [0.717, 1.165) is 51.9 Å². The monoisotopic (exact) mass is 509 g/mol. The molecule has 2 aromatic heterocycles. The summed E-state index contributed by atoms with van der Waals surface area (Å²) >= 11 is 5.97. The molecule has 0 atom stereocenters. The van der Waals surface area contributed by atoms with Crippen molar-refractivity contribution in [3.63, 3.8) is 0 Å². The summed E-state index contributed by atoms with van der Waals surface area (Å²) in [6.45, 7) is 3.76. The molecule has 0 radical (unpaired) electrons. The molecule has 0 spiro atoms. The molecule has 188 valence electrons. The number of hydrogen-bond donors (Lipinski definition) is 2. The van der Waals surface area contributed by atoms with Crippen LogP contribution in [0.25, 0.3) is 11.3 Å². The quantitative estimate of drug-likeness (QED) is 0.338.